The average molecular weight is 700 g/mol. The van der Waals surface area contributed by atoms with Crippen LogP contribution in [0.2, 0.25) is 5.02 Å². The van der Waals surface area contributed by atoms with E-state index in [2.05, 4.69) is 34.5 Å². The zero-order chi connectivity index (χ0) is 34.4. The number of nitrogens with zero attached hydrogens (tertiary/aromatic N) is 4. The highest BCUT2D eigenvalue weighted by Gasteiger charge is 2.34. The lowest BCUT2D eigenvalue weighted by molar-refractivity contribution is -0.166. The van der Waals surface area contributed by atoms with Gasteiger partial charge in [0, 0.05) is 52.7 Å². The molecule has 7 rings (SSSR count). The van der Waals surface area contributed by atoms with Gasteiger partial charge in [-0.15, -0.1) is 11.3 Å². The molecule has 49 heavy (non-hydrogen) atoms. The van der Waals surface area contributed by atoms with Crippen molar-refractivity contribution in [1.82, 2.24) is 25.0 Å². The highest BCUT2D eigenvalue weighted by Crippen LogP contribution is 2.45. The van der Waals surface area contributed by atoms with Crippen LogP contribution in [0, 0.1) is 6.92 Å². The minimum Gasteiger partial charge on any atom is -0.464 e. The third-order valence-corrected chi connectivity index (χ3v) is 11.3. The second kappa shape index (κ2) is 13.8. The molecule has 0 bridgehead atoms. The predicted octanol–water partition coefficient (Wildman–Crippen LogP) is 8.44. The summed E-state index contributed by atoms with van der Waals surface area (Å²) in [7, 11) is 2.05. The van der Waals surface area contributed by atoms with E-state index in [1.807, 2.05) is 70.6 Å². The number of carbonyl (C=O) groups excluding carboxylic acids is 1. The molecule has 2 aliphatic heterocycles. The van der Waals surface area contributed by atoms with E-state index in [-0.39, 0.29) is 6.61 Å². The molecule has 5 aromatic rings. The van der Waals surface area contributed by atoms with Crippen molar-refractivity contribution in [1.29, 1.82) is 0 Å². The lowest BCUT2D eigenvalue weighted by atomic mass is 9.90. The molecule has 3 aromatic carbocycles. The summed E-state index contributed by atoms with van der Waals surface area (Å²) in [5, 5.41) is 11.4. The maximum absolute atomic E-state index is 13.6. The summed E-state index contributed by atoms with van der Waals surface area (Å²) in [4.78, 5) is 21.4. The van der Waals surface area contributed by atoms with Crippen molar-refractivity contribution in [2.75, 3.05) is 32.8 Å². The second-order valence-corrected chi connectivity index (χ2v) is 15.9. The summed E-state index contributed by atoms with van der Waals surface area (Å²) in [5.41, 5.74) is 7.27. The van der Waals surface area contributed by atoms with E-state index >= 15 is 0 Å². The number of hydrogen-bond acceptors (Lipinski definition) is 8. The fourth-order valence-electron chi connectivity index (χ4n) is 7.59. The minimum atomic E-state index is -0.911. The van der Waals surface area contributed by atoms with E-state index in [0.29, 0.717) is 17.0 Å². The highest BCUT2D eigenvalue weighted by atomic mass is 35.5. The Kier molecular flexibility index (Phi) is 9.58. The molecule has 2 atom stereocenters. The number of thiazole rings is 1. The van der Waals surface area contributed by atoms with Gasteiger partial charge in [0.25, 0.3) is 0 Å². The molecule has 0 amide bonds. The Morgan fingerprint density at radius 2 is 1.82 bits per heavy atom. The van der Waals surface area contributed by atoms with E-state index < -0.39 is 17.7 Å². The van der Waals surface area contributed by atoms with E-state index in [1.54, 1.807) is 11.3 Å². The van der Waals surface area contributed by atoms with Gasteiger partial charge in [-0.3, -0.25) is 9.58 Å². The summed E-state index contributed by atoms with van der Waals surface area (Å²) < 4.78 is 15.1. The standard InChI is InChI=1S/C39H46ClN5O3S/c1-7-47-38(46)35(48-39(3,4)5)32-23(2)20-30-36(33(32)24-8-11-27(40)12-9-24)49-37(42-30)26-10-13-31-29(21-26)34(43-44(31)6)25-15-18-45(19-16-25)28-14-17-41-22-28/h8-13,20-21,25,28,35,41H,7,14-19,22H2,1-6H3/t28-,35-/m0/s1. The number of benzene rings is 3. The third kappa shape index (κ3) is 6.88. The molecule has 0 radical (unpaired) electrons. The van der Waals surface area contributed by atoms with Gasteiger partial charge in [0.15, 0.2) is 6.10 Å². The first kappa shape index (κ1) is 34.1. The SMILES string of the molecule is CCOC(=O)[C@@H](OC(C)(C)C)c1c(C)cc2nc(-c3ccc4c(c3)c(C3CCN([C@H]5CCNC5)CC3)nn4C)sc2c1-c1ccc(Cl)cc1. The van der Waals surface area contributed by atoms with Gasteiger partial charge < -0.3 is 14.8 Å². The summed E-state index contributed by atoms with van der Waals surface area (Å²) in [6.07, 6.45) is 2.58. The maximum Gasteiger partial charge on any atom is 0.339 e. The smallest absolute Gasteiger partial charge is 0.339 e. The van der Waals surface area contributed by atoms with Crippen LogP contribution in [-0.2, 0) is 21.3 Å². The van der Waals surface area contributed by atoms with Crippen LogP contribution in [0.4, 0.5) is 0 Å². The molecule has 10 heteroatoms. The van der Waals surface area contributed by atoms with Crippen molar-refractivity contribution < 1.29 is 14.3 Å². The molecule has 0 spiro atoms. The second-order valence-electron chi connectivity index (χ2n) is 14.4. The van der Waals surface area contributed by atoms with Crippen LogP contribution in [0.1, 0.15) is 75.8 Å². The monoisotopic (exact) mass is 699 g/mol. The van der Waals surface area contributed by atoms with Crippen LogP contribution in [0.15, 0.2) is 48.5 Å². The normalized spacial score (nSPS) is 18.5. The Balaban J connectivity index is 1.32. The van der Waals surface area contributed by atoms with Crippen LogP contribution >= 0.6 is 22.9 Å². The number of nitrogens with one attached hydrogen (secondary N) is 1. The lowest BCUT2D eigenvalue weighted by Gasteiger charge is -2.35. The molecular formula is C39H46ClN5O3S. The van der Waals surface area contributed by atoms with E-state index in [9.17, 15) is 4.79 Å². The zero-order valence-corrected chi connectivity index (χ0v) is 30.9. The molecule has 2 saturated heterocycles. The Morgan fingerprint density at radius 3 is 2.49 bits per heavy atom. The van der Waals surface area contributed by atoms with Crippen LogP contribution < -0.4 is 5.32 Å². The average Bonchev–Trinajstić information content (AvgIpc) is 3.83. The number of ether oxygens (including phenoxy) is 2. The van der Waals surface area contributed by atoms with Crippen molar-refractivity contribution >= 4 is 50.0 Å². The molecule has 0 saturated carbocycles. The topological polar surface area (TPSA) is 81.5 Å². The number of fused-ring (bicyclic) bond motifs is 2. The molecule has 0 unspecified atom stereocenters. The number of likely N-dealkylation sites (tertiary alicyclic amines) is 1. The van der Waals surface area contributed by atoms with Gasteiger partial charge in [-0.1, -0.05) is 23.7 Å². The Bertz CT molecular complexity index is 1980. The quantitative estimate of drug-likeness (QED) is 0.163. The number of aryl methyl sites for hydroxylation is 2. The number of aromatic nitrogens is 3. The number of hydrogen-bond donors (Lipinski definition) is 1. The van der Waals surface area contributed by atoms with E-state index in [4.69, 9.17) is 31.2 Å². The fraction of sp³-hybridized carbons (Fsp3) is 0.462. The summed E-state index contributed by atoms with van der Waals surface area (Å²) in [6, 6.07) is 17.1. The summed E-state index contributed by atoms with van der Waals surface area (Å²) in [6.45, 7) is 14.5. The largest absolute Gasteiger partial charge is 0.464 e. The zero-order valence-electron chi connectivity index (χ0n) is 29.3. The molecule has 8 nitrogen and oxygen atoms in total. The van der Waals surface area contributed by atoms with E-state index in [1.165, 1.54) is 17.5 Å². The van der Waals surface area contributed by atoms with Crippen LogP contribution in [0.3, 0.4) is 0 Å². The van der Waals surface area contributed by atoms with Gasteiger partial charge in [0.05, 0.1) is 33.6 Å². The molecular weight excluding hydrogens is 654 g/mol. The lowest BCUT2D eigenvalue weighted by Crippen LogP contribution is -2.42. The minimum absolute atomic E-state index is 0.265. The number of piperidine rings is 1. The predicted molar refractivity (Wildman–Crippen MR) is 200 cm³/mol. The molecule has 258 valence electrons. The van der Waals surface area contributed by atoms with Gasteiger partial charge in [-0.25, -0.2) is 9.78 Å². The molecule has 4 heterocycles. The van der Waals surface area contributed by atoms with E-state index in [0.717, 1.165) is 87.6 Å². The Labute approximate surface area is 297 Å². The van der Waals surface area contributed by atoms with Gasteiger partial charge in [0.2, 0.25) is 0 Å². The third-order valence-electron chi connectivity index (χ3n) is 9.89. The number of rotatable bonds is 8. The first-order valence-electron chi connectivity index (χ1n) is 17.5. The van der Waals surface area contributed by atoms with Crippen molar-refractivity contribution in [2.24, 2.45) is 7.05 Å². The van der Waals surface area contributed by atoms with Crippen LogP contribution in [0.5, 0.6) is 0 Å². The summed E-state index contributed by atoms with van der Waals surface area (Å²) in [5.74, 6) is 0.0319. The maximum atomic E-state index is 13.6. The van der Waals surface area contributed by atoms with Gasteiger partial charge >= 0.3 is 5.97 Å². The first-order valence-corrected chi connectivity index (χ1v) is 18.7. The molecule has 0 aliphatic carbocycles. The fourth-order valence-corrected chi connectivity index (χ4v) is 8.84. The van der Waals surface area contributed by atoms with Crippen molar-refractivity contribution in [3.05, 3.63) is 70.4 Å². The Morgan fingerprint density at radius 1 is 1.08 bits per heavy atom. The van der Waals surface area contributed by atoms with Gasteiger partial charge in [-0.05, 0) is 121 Å². The molecule has 2 aromatic heterocycles. The van der Waals surface area contributed by atoms with Crippen LogP contribution in [0.25, 0.3) is 42.8 Å². The van der Waals surface area contributed by atoms with Gasteiger partial charge in [-0.2, -0.15) is 5.10 Å². The summed E-state index contributed by atoms with van der Waals surface area (Å²) >= 11 is 7.99. The first-order chi connectivity index (χ1) is 23.5. The Hall–Kier alpha value is -3.34. The van der Waals surface area contributed by atoms with Crippen molar-refractivity contribution in [2.45, 2.75) is 77.5 Å². The van der Waals surface area contributed by atoms with Crippen molar-refractivity contribution in [3.63, 3.8) is 0 Å². The number of halogens is 1. The number of esters is 1. The van der Waals surface area contributed by atoms with Crippen molar-refractivity contribution in [3.8, 4) is 21.7 Å². The molecule has 1 N–H and O–H groups in total. The highest BCUT2D eigenvalue weighted by molar-refractivity contribution is 7.22. The molecule has 2 fully saturated rings. The number of carbonyl (C=O) groups is 1. The molecule has 2 aliphatic rings. The van der Waals surface area contributed by atoms with Gasteiger partial charge in [0.1, 0.15) is 5.01 Å². The van der Waals surface area contributed by atoms with Crippen LogP contribution in [-0.4, -0.2) is 70.1 Å².